The van der Waals surface area contributed by atoms with E-state index in [4.69, 9.17) is 21.1 Å². The van der Waals surface area contributed by atoms with Gasteiger partial charge in [-0.1, -0.05) is 11.6 Å². The molecule has 0 aliphatic carbocycles. The van der Waals surface area contributed by atoms with Crippen LogP contribution in [0, 0.1) is 12.7 Å². The van der Waals surface area contributed by atoms with E-state index in [9.17, 15) is 14.0 Å². The van der Waals surface area contributed by atoms with E-state index in [-0.39, 0.29) is 17.8 Å². The molecule has 4 rings (SSSR count). The lowest BCUT2D eigenvalue weighted by Gasteiger charge is -2.06. The number of aryl methyl sites for hydroxylation is 1. The SMILES string of the molecule is Cc1nn(-c2ccc(F)cc2)c(Cl)c1/C=C/C(=O)NNC(=O)c1ccc2c(c1)OCO2. The van der Waals surface area contributed by atoms with Crippen molar-refractivity contribution in [1.29, 1.82) is 0 Å². The normalized spacial score (nSPS) is 12.2. The average Bonchev–Trinajstić information content (AvgIpc) is 3.34. The number of hydrazine groups is 1. The van der Waals surface area contributed by atoms with Gasteiger partial charge in [0.2, 0.25) is 6.79 Å². The van der Waals surface area contributed by atoms with Crippen molar-refractivity contribution in [3.05, 3.63) is 76.3 Å². The summed E-state index contributed by atoms with van der Waals surface area (Å²) in [6.07, 6.45) is 2.69. The molecule has 1 aliphatic rings. The molecule has 1 aromatic heterocycles. The summed E-state index contributed by atoms with van der Waals surface area (Å²) in [5.74, 6) is -0.445. The molecule has 2 N–H and O–H groups in total. The predicted octanol–water partition coefficient (Wildman–Crippen LogP) is 3.18. The smallest absolute Gasteiger partial charge is 0.269 e. The Balaban J connectivity index is 1.40. The molecule has 10 heteroatoms. The fourth-order valence-corrected chi connectivity index (χ4v) is 3.22. The summed E-state index contributed by atoms with van der Waals surface area (Å²) in [6.45, 7) is 1.83. The number of ether oxygens (including phenoxy) is 2. The van der Waals surface area contributed by atoms with Gasteiger partial charge >= 0.3 is 0 Å². The van der Waals surface area contributed by atoms with Gasteiger partial charge in [0, 0.05) is 17.2 Å². The summed E-state index contributed by atoms with van der Waals surface area (Å²) in [5, 5.41) is 4.58. The number of carbonyl (C=O) groups is 2. The van der Waals surface area contributed by atoms with Gasteiger partial charge < -0.3 is 9.47 Å². The molecule has 0 spiro atoms. The summed E-state index contributed by atoms with van der Waals surface area (Å²) >= 11 is 6.37. The van der Waals surface area contributed by atoms with Crippen molar-refractivity contribution in [1.82, 2.24) is 20.6 Å². The molecule has 3 aromatic rings. The topological polar surface area (TPSA) is 94.5 Å². The van der Waals surface area contributed by atoms with Gasteiger partial charge in [0.25, 0.3) is 11.8 Å². The fourth-order valence-electron chi connectivity index (χ4n) is 2.88. The molecule has 31 heavy (non-hydrogen) atoms. The van der Waals surface area contributed by atoms with Gasteiger partial charge in [-0.25, -0.2) is 9.07 Å². The number of halogens is 2. The van der Waals surface area contributed by atoms with Gasteiger partial charge in [0.05, 0.1) is 11.4 Å². The molecule has 0 saturated carbocycles. The Bertz CT molecular complexity index is 1190. The van der Waals surface area contributed by atoms with E-state index in [2.05, 4.69) is 16.0 Å². The maximum Gasteiger partial charge on any atom is 0.269 e. The van der Waals surface area contributed by atoms with E-state index in [0.717, 1.165) is 0 Å². The molecule has 0 radical (unpaired) electrons. The average molecular weight is 443 g/mol. The molecule has 8 nitrogen and oxygen atoms in total. The molecule has 0 atom stereocenters. The Hall–Kier alpha value is -3.85. The molecule has 0 bridgehead atoms. The van der Waals surface area contributed by atoms with Crippen LogP contribution in [0.2, 0.25) is 5.15 Å². The first-order valence-corrected chi connectivity index (χ1v) is 9.49. The highest BCUT2D eigenvalue weighted by Gasteiger charge is 2.17. The summed E-state index contributed by atoms with van der Waals surface area (Å²) in [7, 11) is 0. The molecule has 158 valence electrons. The molecular weight excluding hydrogens is 427 g/mol. The largest absolute Gasteiger partial charge is 0.454 e. The maximum atomic E-state index is 13.1. The van der Waals surface area contributed by atoms with E-state index in [1.165, 1.54) is 35.0 Å². The number of nitrogens with one attached hydrogen (secondary N) is 2. The van der Waals surface area contributed by atoms with E-state index < -0.39 is 11.8 Å². The molecule has 2 aromatic carbocycles. The van der Waals surface area contributed by atoms with Crippen LogP contribution in [0.15, 0.2) is 48.5 Å². The summed E-state index contributed by atoms with van der Waals surface area (Å²) < 4.78 is 25.0. The zero-order valence-corrected chi connectivity index (χ0v) is 16.9. The van der Waals surface area contributed by atoms with Crippen LogP contribution in [0.25, 0.3) is 11.8 Å². The van der Waals surface area contributed by atoms with Crippen molar-refractivity contribution in [2.75, 3.05) is 6.79 Å². The Morgan fingerprint density at radius 1 is 1.13 bits per heavy atom. The van der Waals surface area contributed by atoms with Crippen LogP contribution in [-0.4, -0.2) is 28.4 Å². The number of carbonyl (C=O) groups excluding carboxylic acids is 2. The number of amides is 2. The lowest BCUT2D eigenvalue weighted by atomic mass is 10.2. The minimum Gasteiger partial charge on any atom is -0.454 e. The monoisotopic (exact) mass is 442 g/mol. The van der Waals surface area contributed by atoms with Gasteiger partial charge in [0.1, 0.15) is 11.0 Å². The van der Waals surface area contributed by atoms with Crippen molar-refractivity contribution >= 4 is 29.5 Å². The fraction of sp³-hybridized carbons (Fsp3) is 0.0952. The lowest BCUT2D eigenvalue weighted by Crippen LogP contribution is -2.40. The van der Waals surface area contributed by atoms with Crippen LogP contribution in [0.3, 0.4) is 0 Å². The van der Waals surface area contributed by atoms with E-state index >= 15 is 0 Å². The third-order valence-corrected chi connectivity index (χ3v) is 4.82. The van der Waals surface area contributed by atoms with Gasteiger partial charge in [-0.3, -0.25) is 20.4 Å². The third-order valence-electron chi connectivity index (χ3n) is 4.45. The van der Waals surface area contributed by atoms with Gasteiger partial charge in [-0.15, -0.1) is 0 Å². The third kappa shape index (κ3) is 4.36. The zero-order valence-electron chi connectivity index (χ0n) is 16.2. The molecule has 1 aliphatic heterocycles. The van der Waals surface area contributed by atoms with Gasteiger partial charge in [0.15, 0.2) is 11.5 Å². The van der Waals surface area contributed by atoms with Crippen molar-refractivity contribution in [3.8, 4) is 17.2 Å². The molecule has 0 fully saturated rings. The lowest BCUT2D eigenvalue weighted by molar-refractivity contribution is -0.117. The summed E-state index contributed by atoms with van der Waals surface area (Å²) in [5.41, 5.74) is 6.58. The van der Waals surface area contributed by atoms with Gasteiger partial charge in [-0.2, -0.15) is 5.10 Å². The Kier molecular flexibility index (Phi) is 5.59. The Morgan fingerprint density at radius 3 is 2.65 bits per heavy atom. The van der Waals surface area contributed by atoms with Crippen molar-refractivity contribution in [3.63, 3.8) is 0 Å². The summed E-state index contributed by atoms with van der Waals surface area (Å²) in [4.78, 5) is 24.3. The Labute approximate surface area is 181 Å². The van der Waals surface area contributed by atoms with Crippen LogP contribution >= 0.6 is 11.6 Å². The number of hydrogen-bond acceptors (Lipinski definition) is 5. The van der Waals surface area contributed by atoms with Crippen LogP contribution < -0.4 is 20.3 Å². The first-order valence-electron chi connectivity index (χ1n) is 9.11. The number of fused-ring (bicyclic) bond motifs is 1. The van der Waals surface area contributed by atoms with E-state index in [1.807, 2.05) is 0 Å². The Morgan fingerprint density at radius 2 is 1.87 bits per heavy atom. The van der Waals surface area contributed by atoms with Crippen LogP contribution in [0.4, 0.5) is 4.39 Å². The number of nitrogens with zero attached hydrogens (tertiary/aromatic N) is 2. The minimum absolute atomic E-state index is 0.0989. The zero-order chi connectivity index (χ0) is 22.0. The van der Waals surface area contributed by atoms with Crippen LogP contribution in [0.5, 0.6) is 11.5 Å². The standard InChI is InChI=1S/C21H16ClFN4O4/c1-12-16(20(22)27(26-12)15-5-3-14(23)4-6-15)7-9-19(28)24-25-21(29)13-2-8-17-18(10-13)31-11-30-17/h2-10H,11H2,1H3,(H,24,28)(H,25,29)/b9-7+. The maximum absolute atomic E-state index is 13.1. The highest BCUT2D eigenvalue weighted by Crippen LogP contribution is 2.32. The first kappa shape index (κ1) is 20.4. The van der Waals surface area contributed by atoms with Crippen molar-refractivity contribution in [2.45, 2.75) is 6.92 Å². The molecule has 2 heterocycles. The number of benzene rings is 2. The quantitative estimate of drug-likeness (QED) is 0.478. The van der Waals surface area contributed by atoms with Crippen molar-refractivity contribution < 1.29 is 23.5 Å². The molecular formula is C21H16ClFN4O4. The first-order chi connectivity index (χ1) is 14.9. The van der Waals surface area contributed by atoms with Gasteiger partial charge in [-0.05, 0) is 55.5 Å². The highest BCUT2D eigenvalue weighted by atomic mass is 35.5. The van der Waals surface area contributed by atoms with Crippen LogP contribution in [-0.2, 0) is 4.79 Å². The number of rotatable bonds is 4. The van der Waals surface area contributed by atoms with E-state index in [1.54, 1.807) is 31.2 Å². The second kappa shape index (κ2) is 8.49. The second-order valence-corrected chi connectivity index (χ2v) is 6.88. The van der Waals surface area contributed by atoms with Crippen LogP contribution in [0.1, 0.15) is 21.6 Å². The molecule has 0 unspecified atom stereocenters. The molecule has 0 saturated heterocycles. The molecule has 2 amide bonds. The number of aromatic nitrogens is 2. The highest BCUT2D eigenvalue weighted by molar-refractivity contribution is 6.31. The summed E-state index contributed by atoms with van der Waals surface area (Å²) in [6, 6.07) is 10.4. The number of hydrogen-bond donors (Lipinski definition) is 2. The second-order valence-electron chi connectivity index (χ2n) is 6.52. The minimum atomic E-state index is -0.570. The van der Waals surface area contributed by atoms with Crippen molar-refractivity contribution in [2.24, 2.45) is 0 Å². The van der Waals surface area contributed by atoms with E-state index in [0.29, 0.717) is 34.0 Å². The predicted molar refractivity (Wildman–Crippen MR) is 110 cm³/mol.